The Morgan fingerprint density at radius 1 is 0.803 bits per heavy atom. The second-order valence-electron chi connectivity index (χ2n) is 16.4. The van der Waals surface area contributed by atoms with Gasteiger partial charge in [-0.25, -0.2) is 4.79 Å². The monoisotopic (exact) mass is 894 g/mol. The molecule has 66 heavy (non-hydrogen) atoms. The number of allylic oxidation sites excluding steroid dienone is 4. The molecule has 0 aromatic heterocycles. The summed E-state index contributed by atoms with van der Waals surface area (Å²) in [5, 5.41) is 19.5. The number of rotatable bonds is 20. The maximum Gasteiger partial charge on any atom is 0.336 e. The lowest BCUT2D eigenvalue weighted by Crippen LogP contribution is -2.33. The summed E-state index contributed by atoms with van der Waals surface area (Å²) < 4.78 is 23.2. The van der Waals surface area contributed by atoms with Crippen molar-refractivity contribution in [2.45, 2.75) is 46.1 Å². The second-order valence-corrected chi connectivity index (χ2v) is 16.4. The van der Waals surface area contributed by atoms with E-state index < -0.39 is 11.9 Å². The number of hydrogen-bond acceptors (Lipinski definition) is 9. The van der Waals surface area contributed by atoms with E-state index >= 15 is 0 Å². The number of amides is 3. The first kappa shape index (κ1) is 47.2. The van der Waals surface area contributed by atoms with Gasteiger partial charge in [-0.15, -0.1) is 0 Å². The van der Waals surface area contributed by atoms with Crippen LogP contribution >= 0.6 is 0 Å². The number of carbonyl (C=O) groups is 4. The van der Waals surface area contributed by atoms with Crippen LogP contribution in [0.2, 0.25) is 0 Å². The van der Waals surface area contributed by atoms with Crippen molar-refractivity contribution in [3.8, 4) is 5.75 Å². The van der Waals surface area contributed by atoms with Crippen LogP contribution in [0.4, 0.5) is 11.4 Å². The van der Waals surface area contributed by atoms with E-state index in [0.717, 1.165) is 56.9 Å². The summed E-state index contributed by atoms with van der Waals surface area (Å²) in [6.45, 7) is 13.7. The largest absolute Gasteiger partial charge is 0.478 e. The predicted octanol–water partition coefficient (Wildman–Crippen LogP) is 8.06. The fourth-order valence-electron chi connectivity index (χ4n) is 8.42. The Hall–Kier alpha value is -6.80. The maximum atomic E-state index is 13.4. The molecule has 2 aliphatic heterocycles. The first-order valence-electron chi connectivity index (χ1n) is 22.5. The first-order valence-corrected chi connectivity index (χ1v) is 22.5. The third kappa shape index (κ3) is 11.5. The normalized spacial score (nSPS) is 16.4. The zero-order valence-electron chi connectivity index (χ0n) is 37.8. The lowest BCUT2D eigenvalue weighted by Gasteiger charge is -2.37. The number of aryl methyl sites for hydroxylation is 1. The number of carboxylic acid groups (broad SMARTS) is 1. The van der Waals surface area contributed by atoms with E-state index in [-0.39, 0.29) is 60.8 Å². The summed E-state index contributed by atoms with van der Waals surface area (Å²) in [5.74, 6) is -1.16. The summed E-state index contributed by atoms with van der Waals surface area (Å²) in [7, 11) is 0. The molecule has 7 rings (SSSR count). The number of nitrogens with one attached hydrogen (secondary N) is 3. The van der Waals surface area contributed by atoms with Crippen molar-refractivity contribution in [3.05, 3.63) is 159 Å². The highest BCUT2D eigenvalue weighted by Crippen LogP contribution is 2.50. The fraction of sp³-hybridized carbons (Fsp3) is 0.321. The van der Waals surface area contributed by atoms with Gasteiger partial charge in [-0.2, -0.15) is 0 Å². The summed E-state index contributed by atoms with van der Waals surface area (Å²) in [5.41, 5.74) is 9.40. The molecule has 0 fully saturated rings. The van der Waals surface area contributed by atoms with Gasteiger partial charge in [0.05, 0.1) is 57.4 Å². The van der Waals surface area contributed by atoms with Gasteiger partial charge in [0.2, 0.25) is 11.8 Å². The van der Waals surface area contributed by atoms with Crippen LogP contribution < -0.4 is 25.6 Å². The Bertz CT molecular complexity index is 2560. The van der Waals surface area contributed by atoms with Gasteiger partial charge in [0.1, 0.15) is 11.5 Å². The standard InChI is InChI=1S/C53H58N4O9/c1-5-54-45-32-48-44(29-36(45)4)51(43-28-34(2)35(3)30-47(43)66-48)41-17-16-39(31-42(41)53(61)62)52(60)56-21-23-64-25-27-65-26-24-63-22-20-55-49(58)18-19-50(59)57-33-40-12-7-6-10-37(40)14-15-38-11-8-9-13-46(38)57/h6-17,28-32,43,51,54H,3,5,18-27,33H2,1-2,4H3,(H,55,58)(H,56,60)(H,61,62)/b15-14-. The highest BCUT2D eigenvalue weighted by Gasteiger charge is 2.39. The number of para-hydroxylation sites is 1. The molecule has 0 bridgehead atoms. The molecule has 2 heterocycles. The van der Waals surface area contributed by atoms with Crippen molar-refractivity contribution in [2.75, 3.05) is 69.5 Å². The van der Waals surface area contributed by atoms with Crippen LogP contribution in [0.25, 0.3) is 12.2 Å². The van der Waals surface area contributed by atoms with Gasteiger partial charge in [-0.05, 0) is 90.1 Å². The number of carboxylic acids is 1. The highest BCUT2D eigenvalue weighted by atomic mass is 16.5. The van der Waals surface area contributed by atoms with Crippen molar-refractivity contribution >= 4 is 47.2 Å². The second kappa shape index (κ2) is 22.4. The number of nitrogens with zero attached hydrogens (tertiary/aromatic N) is 1. The quantitative estimate of drug-likeness (QED) is 0.0639. The fourth-order valence-corrected chi connectivity index (χ4v) is 8.42. The molecule has 2 unspecified atom stereocenters. The molecule has 0 saturated heterocycles. The number of carbonyl (C=O) groups excluding carboxylic acids is 3. The Morgan fingerprint density at radius 2 is 1.48 bits per heavy atom. The molecule has 344 valence electrons. The van der Waals surface area contributed by atoms with Crippen LogP contribution in [0.15, 0.2) is 114 Å². The van der Waals surface area contributed by atoms with E-state index in [4.69, 9.17) is 18.9 Å². The van der Waals surface area contributed by atoms with E-state index in [0.29, 0.717) is 63.2 Å². The Labute approximate surface area is 386 Å². The van der Waals surface area contributed by atoms with Crippen LogP contribution in [-0.2, 0) is 30.3 Å². The Balaban J connectivity index is 0.788. The third-order valence-corrected chi connectivity index (χ3v) is 11.9. The van der Waals surface area contributed by atoms with Gasteiger partial charge >= 0.3 is 5.97 Å². The first-order chi connectivity index (χ1) is 32.0. The minimum atomic E-state index is -1.13. The predicted molar refractivity (Wildman–Crippen MR) is 256 cm³/mol. The minimum Gasteiger partial charge on any atom is -0.478 e. The molecule has 4 N–H and O–H groups in total. The lowest BCUT2D eigenvalue weighted by molar-refractivity contribution is -0.125. The van der Waals surface area contributed by atoms with E-state index in [2.05, 4.69) is 40.7 Å². The van der Waals surface area contributed by atoms with Crippen molar-refractivity contribution < 1.29 is 43.2 Å². The molecule has 1 aliphatic carbocycles. The molecule has 13 heteroatoms. The molecule has 4 aromatic rings. The molecule has 0 radical (unpaired) electrons. The lowest BCUT2D eigenvalue weighted by atomic mass is 9.72. The zero-order chi connectivity index (χ0) is 46.6. The van der Waals surface area contributed by atoms with Crippen LogP contribution in [0.5, 0.6) is 5.75 Å². The van der Waals surface area contributed by atoms with Crippen molar-refractivity contribution in [2.24, 2.45) is 5.92 Å². The van der Waals surface area contributed by atoms with Crippen LogP contribution in [0.3, 0.4) is 0 Å². The molecule has 3 aliphatic rings. The zero-order valence-corrected chi connectivity index (χ0v) is 37.8. The smallest absolute Gasteiger partial charge is 0.336 e. The average molecular weight is 895 g/mol. The van der Waals surface area contributed by atoms with E-state index in [1.807, 2.05) is 87.5 Å². The average Bonchev–Trinajstić information content (AvgIpc) is 3.30. The third-order valence-electron chi connectivity index (χ3n) is 11.9. The summed E-state index contributed by atoms with van der Waals surface area (Å²) in [6.07, 6.45) is 8.23. The van der Waals surface area contributed by atoms with E-state index in [1.54, 1.807) is 17.0 Å². The molecular weight excluding hydrogens is 837 g/mol. The maximum absolute atomic E-state index is 13.4. The Kier molecular flexibility index (Phi) is 16.0. The number of aromatic carboxylic acids is 1. The van der Waals surface area contributed by atoms with Gasteiger partial charge < -0.3 is 44.9 Å². The minimum absolute atomic E-state index is 0.0466. The van der Waals surface area contributed by atoms with E-state index in [9.17, 15) is 24.3 Å². The molecular formula is C53H58N4O9. The van der Waals surface area contributed by atoms with Gasteiger partial charge in [0.25, 0.3) is 5.91 Å². The van der Waals surface area contributed by atoms with Crippen LogP contribution in [-0.4, -0.2) is 88.1 Å². The van der Waals surface area contributed by atoms with Gasteiger partial charge in [0, 0.05) is 67.2 Å². The highest BCUT2D eigenvalue weighted by molar-refractivity contribution is 5.99. The Morgan fingerprint density at radius 3 is 2.23 bits per heavy atom. The van der Waals surface area contributed by atoms with Crippen molar-refractivity contribution in [1.82, 2.24) is 10.6 Å². The van der Waals surface area contributed by atoms with Crippen LogP contribution in [0.1, 0.15) is 86.7 Å². The molecule has 3 amide bonds. The molecule has 0 spiro atoms. The number of anilines is 2. The number of fused-ring (bicyclic) bond motifs is 4. The van der Waals surface area contributed by atoms with Gasteiger partial charge in [-0.1, -0.05) is 73.3 Å². The molecule has 0 saturated carbocycles. The summed E-state index contributed by atoms with van der Waals surface area (Å²) in [6, 6.07) is 24.6. The topological polar surface area (TPSA) is 165 Å². The summed E-state index contributed by atoms with van der Waals surface area (Å²) in [4.78, 5) is 53.7. The van der Waals surface area contributed by atoms with Crippen molar-refractivity contribution in [1.29, 1.82) is 0 Å². The SMILES string of the molecule is C=C1C=C2Oc3cc(NCC)c(C)cc3C(c3ccc(C(=O)NCCOCCOCCOCCNC(=O)CCC(=O)N4Cc5ccccc5/C=C\c5ccccc54)cc3C(=O)O)C2C=C1C. The molecule has 4 aromatic carbocycles. The van der Waals surface area contributed by atoms with Crippen LogP contribution in [0, 0.1) is 12.8 Å². The van der Waals surface area contributed by atoms with E-state index in [1.165, 1.54) is 6.07 Å². The number of benzene rings is 4. The summed E-state index contributed by atoms with van der Waals surface area (Å²) >= 11 is 0. The number of hydrogen-bond donors (Lipinski definition) is 4. The van der Waals surface area contributed by atoms with Crippen molar-refractivity contribution in [3.63, 3.8) is 0 Å². The van der Waals surface area contributed by atoms with Gasteiger partial charge in [-0.3, -0.25) is 14.4 Å². The number of ether oxygens (including phenoxy) is 4. The molecule has 13 nitrogen and oxygen atoms in total. The molecule has 2 atom stereocenters. The van der Waals surface area contributed by atoms with Gasteiger partial charge in [0.15, 0.2) is 0 Å².